The van der Waals surface area contributed by atoms with E-state index < -0.39 is 12.1 Å². The number of nitrogens with one attached hydrogen (secondary N) is 1. The van der Waals surface area contributed by atoms with Gasteiger partial charge in [-0.05, 0) is 32.1 Å². The summed E-state index contributed by atoms with van der Waals surface area (Å²) in [5.74, 6) is -0.0359. The summed E-state index contributed by atoms with van der Waals surface area (Å²) in [6, 6.07) is -0.622. The van der Waals surface area contributed by atoms with Gasteiger partial charge in [0.05, 0.1) is 25.4 Å². The van der Waals surface area contributed by atoms with Gasteiger partial charge in [0, 0.05) is 12.8 Å². The molecule has 0 heterocycles. The Morgan fingerprint density at radius 1 is 0.346 bits per heavy atom. The number of carbonyl (C=O) groups excluding carboxylic acids is 2. The first-order valence-electron chi connectivity index (χ1n) is 36.0. The summed E-state index contributed by atoms with van der Waals surface area (Å²) in [5, 5.41) is 23.1. The normalized spacial score (nSPS) is 12.5. The number of esters is 1. The Bertz CT molecular complexity index is 1180. The number of unbranched alkanes of at least 4 members (excludes halogenated alkanes) is 57. The minimum Gasteiger partial charge on any atom is -0.466 e. The van der Waals surface area contributed by atoms with Gasteiger partial charge in [-0.3, -0.25) is 9.59 Å². The van der Waals surface area contributed by atoms with Crippen LogP contribution >= 0.6 is 0 Å². The Morgan fingerprint density at radius 2 is 0.590 bits per heavy atom. The number of ether oxygens (including phenoxy) is 1. The molecule has 0 aliphatic heterocycles. The van der Waals surface area contributed by atoms with Crippen molar-refractivity contribution in [2.45, 2.75) is 424 Å². The molecule has 464 valence electrons. The molecule has 0 aliphatic rings. The van der Waals surface area contributed by atoms with Gasteiger partial charge in [-0.15, -0.1) is 0 Å². The summed E-state index contributed by atoms with van der Waals surface area (Å²) >= 11 is 0. The second-order valence-electron chi connectivity index (χ2n) is 24.9. The highest BCUT2D eigenvalue weighted by Crippen LogP contribution is 2.19. The molecule has 6 nitrogen and oxygen atoms in total. The third-order valence-electron chi connectivity index (χ3n) is 17.1. The molecular formula is C72H141NO5. The highest BCUT2D eigenvalue weighted by Gasteiger charge is 2.18. The van der Waals surface area contributed by atoms with Crippen LogP contribution in [0, 0.1) is 0 Å². The van der Waals surface area contributed by atoms with Crippen LogP contribution in [0.2, 0.25) is 0 Å². The summed E-state index contributed by atoms with van der Waals surface area (Å²) in [6.45, 7) is 4.94. The molecule has 0 aromatic heterocycles. The summed E-state index contributed by atoms with van der Waals surface area (Å²) in [7, 11) is 0. The largest absolute Gasteiger partial charge is 0.466 e. The minimum atomic E-state index is -0.839. The van der Waals surface area contributed by atoms with Crippen LogP contribution in [-0.2, 0) is 14.3 Å². The number of aliphatic hydroxyl groups excluding tert-OH is 2. The Labute approximate surface area is 489 Å². The topological polar surface area (TPSA) is 95.9 Å². The van der Waals surface area contributed by atoms with E-state index in [2.05, 4.69) is 19.2 Å². The smallest absolute Gasteiger partial charge is 0.305 e. The lowest BCUT2D eigenvalue weighted by molar-refractivity contribution is -0.143. The summed E-state index contributed by atoms with van der Waals surface area (Å²) in [6.07, 6.45) is 84.6. The van der Waals surface area contributed by atoms with Crippen LogP contribution in [0.3, 0.4) is 0 Å². The van der Waals surface area contributed by atoms with Crippen LogP contribution in [0.1, 0.15) is 412 Å². The van der Waals surface area contributed by atoms with E-state index in [1.54, 1.807) is 6.08 Å². The molecule has 0 bridgehead atoms. The molecule has 0 aromatic carbocycles. The van der Waals surface area contributed by atoms with Crippen molar-refractivity contribution in [3.63, 3.8) is 0 Å². The van der Waals surface area contributed by atoms with Crippen LogP contribution in [0.25, 0.3) is 0 Å². The third-order valence-corrected chi connectivity index (χ3v) is 17.1. The number of hydrogen-bond donors (Lipinski definition) is 3. The zero-order valence-electron chi connectivity index (χ0n) is 53.2. The molecule has 0 saturated heterocycles. The van der Waals surface area contributed by atoms with Gasteiger partial charge < -0.3 is 20.3 Å². The van der Waals surface area contributed by atoms with Gasteiger partial charge in [0.2, 0.25) is 5.91 Å². The monoisotopic (exact) mass is 1100 g/mol. The van der Waals surface area contributed by atoms with Crippen molar-refractivity contribution in [1.29, 1.82) is 0 Å². The number of rotatable bonds is 68. The Balaban J connectivity index is 3.30. The summed E-state index contributed by atoms with van der Waals surface area (Å²) < 4.78 is 5.49. The molecule has 0 spiro atoms. The molecule has 0 aliphatic carbocycles. The first kappa shape index (κ1) is 76.6. The molecule has 6 heteroatoms. The van der Waals surface area contributed by atoms with Gasteiger partial charge in [0.25, 0.3) is 0 Å². The fourth-order valence-corrected chi connectivity index (χ4v) is 11.6. The van der Waals surface area contributed by atoms with E-state index in [9.17, 15) is 19.8 Å². The molecule has 2 atom stereocenters. The molecule has 0 radical (unpaired) electrons. The van der Waals surface area contributed by atoms with Gasteiger partial charge >= 0.3 is 5.97 Å². The second kappa shape index (κ2) is 68.1. The average Bonchev–Trinajstić information content (AvgIpc) is 3.44. The Morgan fingerprint density at radius 3 is 0.872 bits per heavy atom. The van der Waals surface area contributed by atoms with E-state index in [-0.39, 0.29) is 18.5 Å². The second-order valence-corrected chi connectivity index (χ2v) is 24.9. The van der Waals surface area contributed by atoms with Gasteiger partial charge in [0.1, 0.15) is 0 Å². The zero-order valence-corrected chi connectivity index (χ0v) is 53.2. The van der Waals surface area contributed by atoms with Crippen LogP contribution in [0.5, 0.6) is 0 Å². The van der Waals surface area contributed by atoms with Crippen molar-refractivity contribution < 1.29 is 24.5 Å². The van der Waals surface area contributed by atoms with E-state index in [0.717, 1.165) is 38.5 Å². The average molecular weight is 1100 g/mol. The molecule has 0 saturated carbocycles. The predicted octanol–water partition coefficient (Wildman–Crippen LogP) is 23.1. The molecule has 3 N–H and O–H groups in total. The number of hydrogen-bond acceptors (Lipinski definition) is 5. The number of amides is 1. The number of aliphatic hydroxyl groups is 2. The highest BCUT2D eigenvalue weighted by molar-refractivity contribution is 5.76. The maximum Gasteiger partial charge on any atom is 0.305 e. The van der Waals surface area contributed by atoms with Gasteiger partial charge in [-0.2, -0.15) is 0 Å². The van der Waals surface area contributed by atoms with Gasteiger partial charge in [-0.1, -0.05) is 379 Å². The molecule has 0 fully saturated rings. The fraction of sp³-hybridized carbons (Fsp3) is 0.944. The maximum absolute atomic E-state index is 12.5. The van der Waals surface area contributed by atoms with E-state index in [1.165, 1.54) is 347 Å². The first-order chi connectivity index (χ1) is 38.5. The minimum absolute atomic E-state index is 0.0247. The number of allylic oxidation sites excluding steroid dienone is 1. The summed E-state index contributed by atoms with van der Waals surface area (Å²) in [5.41, 5.74) is 0. The maximum atomic E-state index is 12.5. The third kappa shape index (κ3) is 63.8. The lowest BCUT2D eigenvalue weighted by Crippen LogP contribution is -2.45. The van der Waals surface area contributed by atoms with Gasteiger partial charge in [0.15, 0.2) is 0 Å². The van der Waals surface area contributed by atoms with E-state index >= 15 is 0 Å². The number of carbonyl (C=O) groups is 2. The van der Waals surface area contributed by atoms with Crippen molar-refractivity contribution in [3.8, 4) is 0 Å². The molecule has 1 amide bonds. The van der Waals surface area contributed by atoms with Crippen molar-refractivity contribution in [2.24, 2.45) is 0 Å². The molecule has 0 aromatic rings. The Kier molecular flexibility index (Phi) is 66.9. The van der Waals surface area contributed by atoms with Crippen molar-refractivity contribution in [2.75, 3.05) is 13.2 Å². The van der Waals surface area contributed by atoms with Gasteiger partial charge in [-0.25, -0.2) is 0 Å². The lowest BCUT2D eigenvalue weighted by atomic mass is 10.0. The highest BCUT2D eigenvalue weighted by atomic mass is 16.5. The van der Waals surface area contributed by atoms with Crippen LogP contribution in [-0.4, -0.2) is 47.4 Å². The SMILES string of the molecule is CCCCCCCCCCCCC/C=C/C(O)C(CO)NC(=O)CCCCCCCCCCCCCCCCCCCCCCCCCCCCCCCCCCCCCOC(=O)CCCCCCCCCCCCCCC. The van der Waals surface area contributed by atoms with Crippen LogP contribution in [0.15, 0.2) is 12.2 Å². The van der Waals surface area contributed by atoms with Crippen molar-refractivity contribution >= 4 is 11.9 Å². The van der Waals surface area contributed by atoms with E-state index in [0.29, 0.717) is 19.4 Å². The zero-order chi connectivity index (χ0) is 56.4. The molecular weight excluding hydrogens is 959 g/mol. The summed E-state index contributed by atoms with van der Waals surface area (Å²) in [4.78, 5) is 24.5. The standard InChI is InChI=1S/C72H141NO5/c1-3-5-7-9-11-13-15-40-44-48-52-56-60-64-70(75)69(68-74)73-71(76)65-61-57-53-49-45-42-38-36-34-32-30-28-26-24-22-20-18-17-19-21-23-25-27-29-31-33-35-37-39-43-47-51-55-59-63-67-78-72(77)66-62-58-54-50-46-41-16-14-12-10-8-6-4-2/h60,64,69-70,74-75H,3-59,61-63,65-68H2,1-2H3,(H,73,76)/b64-60+. The van der Waals surface area contributed by atoms with E-state index in [4.69, 9.17) is 4.74 Å². The first-order valence-corrected chi connectivity index (χ1v) is 36.0. The molecule has 0 rings (SSSR count). The van der Waals surface area contributed by atoms with Crippen molar-refractivity contribution in [1.82, 2.24) is 5.32 Å². The lowest BCUT2D eigenvalue weighted by Gasteiger charge is -2.20. The molecule has 2 unspecified atom stereocenters. The Hall–Kier alpha value is -1.40. The fourth-order valence-electron chi connectivity index (χ4n) is 11.6. The van der Waals surface area contributed by atoms with E-state index in [1.807, 2.05) is 6.08 Å². The van der Waals surface area contributed by atoms with Crippen LogP contribution < -0.4 is 5.32 Å². The van der Waals surface area contributed by atoms with Crippen molar-refractivity contribution in [3.05, 3.63) is 12.2 Å². The predicted molar refractivity (Wildman–Crippen MR) is 343 cm³/mol. The quantitative estimate of drug-likeness (QED) is 0.0320. The van der Waals surface area contributed by atoms with Crippen LogP contribution in [0.4, 0.5) is 0 Å². The molecule has 78 heavy (non-hydrogen) atoms.